The van der Waals surface area contributed by atoms with Crippen molar-refractivity contribution >= 4 is 29.5 Å². The highest BCUT2D eigenvalue weighted by molar-refractivity contribution is 6.15. The number of rotatable bonds is 7. The molecule has 0 atom stereocenters. The van der Waals surface area contributed by atoms with Crippen LogP contribution in [0.2, 0.25) is 0 Å². The van der Waals surface area contributed by atoms with E-state index in [1.54, 1.807) is 24.3 Å². The van der Waals surface area contributed by atoms with Gasteiger partial charge < -0.3 is 5.32 Å². The number of likely N-dealkylation sites (tertiary alicyclic amines) is 1. The van der Waals surface area contributed by atoms with Crippen molar-refractivity contribution in [1.82, 2.24) is 4.90 Å². The maximum atomic E-state index is 12.6. The van der Waals surface area contributed by atoms with Gasteiger partial charge in [0, 0.05) is 23.4 Å². The zero-order valence-electron chi connectivity index (χ0n) is 16.9. The number of carbonyl (C=O) groups is 3. The monoisotopic (exact) mass is 390 g/mol. The summed E-state index contributed by atoms with van der Waals surface area (Å²) in [7, 11) is 0. The van der Waals surface area contributed by atoms with Crippen LogP contribution in [0.4, 0.5) is 5.69 Å². The van der Waals surface area contributed by atoms with Crippen molar-refractivity contribution < 1.29 is 14.4 Å². The highest BCUT2D eigenvalue weighted by atomic mass is 16.2. The fraction of sp³-hybridized carbons (Fsp3) is 0.292. The molecule has 0 bridgehead atoms. The Labute approximate surface area is 171 Å². The molecule has 1 N–H and O–H groups in total. The lowest BCUT2D eigenvalue weighted by atomic mass is 10.1. The van der Waals surface area contributed by atoms with E-state index in [0.717, 1.165) is 36.1 Å². The molecule has 1 saturated heterocycles. The summed E-state index contributed by atoms with van der Waals surface area (Å²) in [5, 5.41) is 2.87. The van der Waals surface area contributed by atoms with E-state index in [1.807, 2.05) is 37.3 Å². The average molecular weight is 390 g/mol. The number of hydrogen-bond donors (Lipinski definition) is 1. The van der Waals surface area contributed by atoms with Crippen molar-refractivity contribution in [3.63, 3.8) is 0 Å². The smallest absolute Gasteiger partial charge is 0.256 e. The molecule has 0 spiro atoms. The topological polar surface area (TPSA) is 66.5 Å². The molecular formula is C24H26N2O3. The molecule has 3 amide bonds. The van der Waals surface area contributed by atoms with Gasteiger partial charge in [-0.25, -0.2) is 0 Å². The van der Waals surface area contributed by atoms with Gasteiger partial charge in [0.1, 0.15) is 0 Å². The molecule has 0 unspecified atom stereocenters. The van der Waals surface area contributed by atoms with Gasteiger partial charge in [0.2, 0.25) is 5.91 Å². The Hall–Kier alpha value is -3.21. The number of nitrogens with zero attached hydrogens (tertiary/aromatic N) is 1. The van der Waals surface area contributed by atoms with E-state index in [-0.39, 0.29) is 24.1 Å². The van der Waals surface area contributed by atoms with Crippen molar-refractivity contribution in [1.29, 1.82) is 0 Å². The van der Waals surface area contributed by atoms with Crippen LogP contribution in [0.25, 0.3) is 6.08 Å². The number of aryl methyl sites for hydroxylation is 1. The van der Waals surface area contributed by atoms with Crippen molar-refractivity contribution in [3.05, 3.63) is 70.8 Å². The number of carbonyl (C=O) groups excluding carboxylic acids is 3. The molecule has 2 aromatic rings. The molecule has 0 radical (unpaired) electrons. The summed E-state index contributed by atoms with van der Waals surface area (Å²) in [6, 6.07) is 14.6. The predicted molar refractivity (Wildman–Crippen MR) is 114 cm³/mol. The van der Waals surface area contributed by atoms with Gasteiger partial charge in [-0.2, -0.15) is 0 Å². The van der Waals surface area contributed by atoms with Gasteiger partial charge in [-0.3, -0.25) is 19.3 Å². The van der Waals surface area contributed by atoms with E-state index in [2.05, 4.69) is 12.2 Å². The van der Waals surface area contributed by atoms with Gasteiger partial charge in [0.15, 0.2) is 0 Å². The highest BCUT2D eigenvalue weighted by Gasteiger charge is 2.33. The minimum absolute atomic E-state index is 0.116. The van der Waals surface area contributed by atoms with Crippen LogP contribution in [-0.4, -0.2) is 29.2 Å². The fourth-order valence-electron chi connectivity index (χ4n) is 3.29. The summed E-state index contributed by atoms with van der Waals surface area (Å²) in [4.78, 5) is 38.6. The van der Waals surface area contributed by atoms with Crippen LogP contribution in [0, 0.1) is 6.92 Å². The van der Waals surface area contributed by atoms with Gasteiger partial charge in [-0.15, -0.1) is 0 Å². The van der Waals surface area contributed by atoms with Gasteiger partial charge in [0.25, 0.3) is 11.8 Å². The first-order valence-electron chi connectivity index (χ1n) is 10.0. The average Bonchev–Trinajstić information content (AvgIpc) is 2.97. The van der Waals surface area contributed by atoms with Crippen LogP contribution in [0.15, 0.2) is 54.1 Å². The molecule has 1 heterocycles. The third-order valence-electron chi connectivity index (χ3n) is 4.95. The van der Waals surface area contributed by atoms with Crippen LogP contribution in [0.5, 0.6) is 0 Å². The van der Waals surface area contributed by atoms with Crippen molar-refractivity contribution in [3.8, 4) is 0 Å². The second kappa shape index (κ2) is 9.32. The zero-order valence-corrected chi connectivity index (χ0v) is 16.9. The summed E-state index contributed by atoms with van der Waals surface area (Å²) in [6.45, 7) is 4.55. The molecule has 5 heteroatoms. The standard InChI is InChI=1S/C24H26N2O3/c1-3-4-5-13-26-22(27)16-20(24(26)29)15-18-7-6-8-19(14-18)23(28)25-21-11-9-17(2)10-12-21/h6-12,14-15H,3-5,13,16H2,1-2H3,(H,25,28)/b20-15+. The summed E-state index contributed by atoms with van der Waals surface area (Å²) >= 11 is 0. The molecule has 29 heavy (non-hydrogen) atoms. The van der Waals surface area contributed by atoms with E-state index in [4.69, 9.17) is 0 Å². The summed E-state index contributed by atoms with van der Waals surface area (Å²) in [5.41, 5.74) is 3.55. The van der Waals surface area contributed by atoms with E-state index < -0.39 is 0 Å². The fourth-order valence-corrected chi connectivity index (χ4v) is 3.29. The summed E-state index contributed by atoms with van der Waals surface area (Å²) < 4.78 is 0. The molecule has 1 aliphatic rings. The Morgan fingerprint density at radius 3 is 2.59 bits per heavy atom. The van der Waals surface area contributed by atoms with Crippen LogP contribution in [0.3, 0.4) is 0 Å². The van der Waals surface area contributed by atoms with Crippen molar-refractivity contribution in [2.75, 3.05) is 11.9 Å². The predicted octanol–water partition coefficient (Wildman–Crippen LogP) is 4.58. The normalized spacial score (nSPS) is 15.2. The third-order valence-corrected chi connectivity index (χ3v) is 4.95. The number of hydrogen-bond acceptors (Lipinski definition) is 3. The number of amides is 3. The minimum atomic E-state index is -0.222. The zero-order chi connectivity index (χ0) is 20.8. The van der Waals surface area contributed by atoms with Crippen LogP contribution in [-0.2, 0) is 9.59 Å². The lowest BCUT2D eigenvalue weighted by molar-refractivity contribution is -0.137. The van der Waals surface area contributed by atoms with E-state index in [1.165, 1.54) is 4.90 Å². The van der Waals surface area contributed by atoms with Crippen LogP contribution < -0.4 is 5.32 Å². The first-order valence-corrected chi connectivity index (χ1v) is 10.0. The molecule has 150 valence electrons. The maximum Gasteiger partial charge on any atom is 0.256 e. The number of imide groups is 1. The maximum absolute atomic E-state index is 12.6. The van der Waals surface area contributed by atoms with Gasteiger partial charge in [-0.1, -0.05) is 49.6 Å². The number of benzene rings is 2. The van der Waals surface area contributed by atoms with Gasteiger partial charge in [-0.05, 0) is 49.2 Å². The van der Waals surface area contributed by atoms with Crippen LogP contribution >= 0.6 is 0 Å². The SMILES string of the molecule is CCCCCN1C(=O)C/C(=C\c2cccc(C(=O)Nc3ccc(C)cc3)c2)C1=O. The lowest BCUT2D eigenvalue weighted by Crippen LogP contribution is -2.30. The van der Waals surface area contributed by atoms with E-state index in [9.17, 15) is 14.4 Å². The van der Waals surface area contributed by atoms with Crippen molar-refractivity contribution in [2.45, 2.75) is 39.5 Å². The Balaban J connectivity index is 1.72. The summed E-state index contributed by atoms with van der Waals surface area (Å²) in [5.74, 6) is -0.588. The molecule has 5 nitrogen and oxygen atoms in total. The summed E-state index contributed by atoms with van der Waals surface area (Å²) in [6.07, 6.45) is 4.69. The molecule has 0 aromatic heterocycles. The van der Waals surface area contributed by atoms with E-state index in [0.29, 0.717) is 17.7 Å². The second-order valence-electron chi connectivity index (χ2n) is 7.35. The molecular weight excluding hydrogens is 364 g/mol. The Kier molecular flexibility index (Phi) is 6.60. The Bertz CT molecular complexity index is 945. The first kappa shape index (κ1) is 20.5. The molecule has 1 aliphatic heterocycles. The van der Waals surface area contributed by atoms with Crippen LogP contribution in [0.1, 0.15) is 54.1 Å². The third kappa shape index (κ3) is 5.19. The number of unbranched alkanes of at least 4 members (excludes halogenated alkanes) is 2. The van der Waals surface area contributed by atoms with Gasteiger partial charge in [0.05, 0.1) is 6.42 Å². The second-order valence-corrected chi connectivity index (χ2v) is 7.35. The lowest BCUT2D eigenvalue weighted by Gasteiger charge is -2.12. The van der Waals surface area contributed by atoms with Gasteiger partial charge >= 0.3 is 0 Å². The van der Waals surface area contributed by atoms with E-state index >= 15 is 0 Å². The van der Waals surface area contributed by atoms with Crippen molar-refractivity contribution in [2.24, 2.45) is 0 Å². The largest absolute Gasteiger partial charge is 0.322 e. The number of nitrogens with one attached hydrogen (secondary N) is 1. The minimum Gasteiger partial charge on any atom is -0.322 e. The first-order chi connectivity index (χ1) is 14.0. The quantitative estimate of drug-likeness (QED) is 0.427. The molecule has 0 saturated carbocycles. The molecule has 0 aliphatic carbocycles. The number of anilines is 1. The molecule has 1 fully saturated rings. The molecule has 2 aromatic carbocycles. The molecule has 3 rings (SSSR count). The Morgan fingerprint density at radius 1 is 1.10 bits per heavy atom. The Morgan fingerprint density at radius 2 is 1.86 bits per heavy atom. The highest BCUT2D eigenvalue weighted by Crippen LogP contribution is 2.23.